The second-order valence-corrected chi connectivity index (χ2v) is 10.9. The number of pyridine rings is 1. The zero-order valence-corrected chi connectivity index (χ0v) is 20.9. The van der Waals surface area contributed by atoms with Gasteiger partial charge >= 0.3 is 12.2 Å². The van der Waals surface area contributed by atoms with E-state index >= 15 is 0 Å². The molecule has 0 radical (unpaired) electrons. The third kappa shape index (κ3) is 5.76. The fourth-order valence-corrected chi connectivity index (χ4v) is 4.90. The van der Waals surface area contributed by atoms with Crippen LogP contribution in [-0.4, -0.2) is 48.2 Å². The second kappa shape index (κ2) is 10.1. The number of alkyl halides is 3. The Bertz CT molecular complexity index is 1390. The maximum Gasteiger partial charge on any atom is 0.393 e. The molecular formula is C24H25F4N5O3S. The van der Waals surface area contributed by atoms with Gasteiger partial charge in [-0.1, -0.05) is 13.3 Å². The number of urea groups is 1. The zero-order chi connectivity index (χ0) is 27.0. The fraction of sp³-hybridized carbons (Fsp3) is 0.375. The van der Waals surface area contributed by atoms with Crippen molar-refractivity contribution in [3.8, 4) is 5.69 Å². The predicted molar refractivity (Wildman–Crippen MR) is 128 cm³/mol. The summed E-state index contributed by atoms with van der Waals surface area (Å²) in [6.45, 7) is 1.25. The van der Waals surface area contributed by atoms with Crippen LogP contribution in [0.1, 0.15) is 37.1 Å². The monoisotopic (exact) mass is 539 g/mol. The van der Waals surface area contributed by atoms with Crippen LogP contribution in [0, 0.1) is 11.7 Å². The van der Waals surface area contributed by atoms with Gasteiger partial charge in [0.1, 0.15) is 5.82 Å². The molecule has 0 fully saturated rings. The van der Waals surface area contributed by atoms with Gasteiger partial charge in [-0.15, -0.1) is 0 Å². The molecule has 0 saturated heterocycles. The number of amides is 2. The molecule has 0 saturated carbocycles. The highest BCUT2D eigenvalue weighted by Crippen LogP contribution is 2.39. The molecule has 3 aromatic rings. The predicted octanol–water partition coefficient (Wildman–Crippen LogP) is 4.60. The van der Waals surface area contributed by atoms with Gasteiger partial charge in [-0.25, -0.2) is 27.3 Å². The van der Waals surface area contributed by atoms with Gasteiger partial charge in [0.25, 0.3) is 0 Å². The van der Waals surface area contributed by atoms with Crippen LogP contribution in [0.25, 0.3) is 5.69 Å². The number of anilines is 1. The van der Waals surface area contributed by atoms with Crippen LogP contribution in [0.4, 0.5) is 28.0 Å². The standard InChI is InChI=1S/C24H25F4N5O3S/c1-3-4-19(15-9-10-29-22(11-15)37(2,35)36)31-23(34)32-14-16(24(26,27)28)12-20-21(32)13-30-33(20)18-7-5-17(25)6-8-18/h5-11,13,16,19H,3-4,12,14H2,1-2H3,(H,31,34). The topological polar surface area (TPSA) is 97.2 Å². The van der Waals surface area contributed by atoms with E-state index in [-0.39, 0.29) is 16.4 Å². The van der Waals surface area contributed by atoms with Crippen molar-refractivity contribution >= 4 is 21.6 Å². The highest BCUT2D eigenvalue weighted by molar-refractivity contribution is 7.90. The van der Waals surface area contributed by atoms with Gasteiger partial charge in [0, 0.05) is 25.4 Å². The number of benzene rings is 1. The summed E-state index contributed by atoms with van der Waals surface area (Å²) >= 11 is 0. The molecule has 0 spiro atoms. The van der Waals surface area contributed by atoms with Gasteiger partial charge < -0.3 is 5.32 Å². The number of fused-ring (bicyclic) bond motifs is 1. The summed E-state index contributed by atoms with van der Waals surface area (Å²) in [5.41, 5.74) is 1.21. The summed E-state index contributed by atoms with van der Waals surface area (Å²) in [5, 5.41) is 6.78. The summed E-state index contributed by atoms with van der Waals surface area (Å²) in [7, 11) is -3.61. The molecule has 2 amide bonds. The Hall–Kier alpha value is -3.48. The molecule has 4 rings (SSSR count). The number of carbonyl (C=O) groups is 1. The average Bonchev–Trinajstić information content (AvgIpc) is 3.27. The smallest absolute Gasteiger partial charge is 0.331 e. The molecule has 1 aliphatic rings. The lowest BCUT2D eigenvalue weighted by atomic mass is 9.96. The van der Waals surface area contributed by atoms with Crippen molar-refractivity contribution in [1.29, 1.82) is 0 Å². The Balaban J connectivity index is 1.69. The summed E-state index contributed by atoms with van der Waals surface area (Å²) in [5.74, 6) is -2.35. The molecule has 1 aromatic carbocycles. The molecular weight excluding hydrogens is 514 g/mol. The number of aromatic nitrogens is 3. The molecule has 0 bridgehead atoms. The van der Waals surface area contributed by atoms with Crippen LogP contribution in [0.3, 0.4) is 0 Å². The first-order valence-electron chi connectivity index (χ1n) is 11.5. The zero-order valence-electron chi connectivity index (χ0n) is 20.0. The van der Waals surface area contributed by atoms with Crippen LogP contribution < -0.4 is 10.2 Å². The summed E-state index contributed by atoms with van der Waals surface area (Å²) in [6, 6.07) is 6.60. The first kappa shape index (κ1) is 26.6. The number of rotatable bonds is 6. The highest BCUT2D eigenvalue weighted by Gasteiger charge is 2.46. The fourth-order valence-electron chi connectivity index (χ4n) is 4.30. The number of carbonyl (C=O) groups excluding carboxylic acids is 1. The Labute approximate surface area is 211 Å². The van der Waals surface area contributed by atoms with Crippen molar-refractivity contribution in [3.63, 3.8) is 0 Å². The quantitative estimate of drug-likeness (QED) is 0.462. The molecule has 37 heavy (non-hydrogen) atoms. The van der Waals surface area contributed by atoms with Gasteiger partial charge in [-0.3, -0.25) is 4.90 Å². The molecule has 8 nitrogen and oxygen atoms in total. The lowest BCUT2D eigenvalue weighted by Gasteiger charge is -2.35. The Morgan fingerprint density at radius 1 is 1.22 bits per heavy atom. The number of hydrogen-bond acceptors (Lipinski definition) is 5. The average molecular weight is 540 g/mol. The largest absolute Gasteiger partial charge is 0.393 e. The summed E-state index contributed by atoms with van der Waals surface area (Å²) < 4.78 is 80.2. The van der Waals surface area contributed by atoms with E-state index in [2.05, 4.69) is 15.4 Å². The Kier molecular flexibility index (Phi) is 7.27. The van der Waals surface area contributed by atoms with Crippen molar-refractivity contribution in [2.24, 2.45) is 5.92 Å². The van der Waals surface area contributed by atoms with Crippen molar-refractivity contribution in [2.75, 3.05) is 17.7 Å². The number of nitrogens with one attached hydrogen (secondary N) is 1. The highest BCUT2D eigenvalue weighted by atomic mass is 32.2. The van der Waals surface area contributed by atoms with Crippen molar-refractivity contribution in [1.82, 2.24) is 20.1 Å². The van der Waals surface area contributed by atoms with E-state index in [0.29, 0.717) is 24.1 Å². The lowest BCUT2D eigenvalue weighted by Crippen LogP contribution is -2.49. The van der Waals surface area contributed by atoms with Gasteiger partial charge in [-0.05, 0) is 48.4 Å². The van der Waals surface area contributed by atoms with Gasteiger partial charge in [-0.2, -0.15) is 18.3 Å². The first-order chi connectivity index (χ1) is 17.4. The molecule has 1 aliphatic heterocycles. The van der Waals surface area contributed by atoms with Crippen molar-refractivity contribution in [2.45, 2.75) is 43.4 Å². The lowest BCUT2D eigenvalue weighted by molar-refractivity contribution is -0.172. The minimum Gasteiger partial charge on any atom is -0.331 e. The SMILES string of the molecule is CCCC(NC(=O)N1CC(C(F)(F)F)Cc2c1cnn2-c1ccc(F)cc1)c1ccnc(S(C)(=O)=O)c1. The number of hydrogen-bond donors (Lipinski definition) is 1. The van der Waals surface area contributed by atoms with E-state index in [4.69, 9.17) is 0 Å². The molecule has 13 heteroatoms. The van der Waals surface area contributed by atoms with Gasteiger partial charge in [0.2, 0.25) is 0 Å². The second-order valence-electron chi connectivity index (χ2n) is 8.91. The van der Waals surface area contributed by atoms with E-state index in [0.717, 1.165) is 11.2 Å². The summed E-state index contributed by atoms with van der Waals surface area (Å²) in [4.78, 5) is 18.3. The van der Waals surface area contributed by atoms with E-state index in [9.17, 15) is 30.8 Å². The van der Waals surface area contributed by atoms with Gasteiger partial charge in [0.05, 0.1) is 35.2 Å². The van der Waals surface area contributed by atoms with E-state index in [1.807, 2.05) is 6.92 Å². The van der Waals surface area contributed by atoms with Gasteiger partial charge in [0.15, 0.2) is 14.9 Å². The normalized spacial score (nSPS) is 16.8. The maximum absolute atomic E-state index is 13.9. The van der Waals surface area contributed by atoms with Crippen molar-refractivity contribution in [3.05, 3.63) is 65.9 Å². The molecule has 198 valence electrons. The molecule has 0 aliphatic carbocycles. The molecule has 2 aromatic heterocycles. The minimum absolute atomic E-state index is 0.168. The van der Waals surface area contributed by atoms with E-state index in [1.165, 1.54) is 47.4 Å². The molecule has 2 unspecified atom stereocenters. The van der Waals surface area contributed by atoms with Crippen LogP contribution in [0.15, 0.2) is 53.8 Å². The Morgan fingerprint density at radius 2 is 1.92 bits per heavy atom. The van der Waals surface area contributed by atoms with E-state index < -0.39 is 52.8 Å². The molecule has 2 atom stereocenters. The van der Waals surface area contributed by atoms with Crippen LogP contribution in [0.5, 0.6) is 0 Å². The number of halogens is 4. The minimum atomic E-state index is -4.58. The third-order valence-corrected chi connectivity index (χ3v) is 7.16. The summed E-state index contributed by atoms with van der Waals surface area (Å²) in [6.07, 6.45) is -0.317. The number of nitrogens with zero attached hydrogens (tertiary/aromatic N) is 4. The van der Waals surface area contributed by atoms with Crippen LogP contribution in [-0.2, 0) is 16.3 Å². The number of sulfone groups is 1. The first-order valence-corrected chi connectivity index (χ1v) is 13.4. The van der Waals surface area contributed by atoms with Crippen LogP contribution >= 0.6 is 0 Å². The third-order valence-electron chi connectivity index (χ3n) is 6.18. The molecule has 1 N–H and O–H groups in total. The van der Waals surface area contributed by atoms with Crippen LogP contribution in [0.2, 0.25) is 0 Å². The Morgan fingerprint density at radius 3 is 2.54 bits per heavy atom. The maximum atomic E-state index is 13.9. The van der Waals surface area contributed by atoms with Crippen molar-refractivity contribution < 1.29 is 30.8 Å². The van der Waals surface area contributed by atoms with E-state index in [1.54, 1.807) is 6.07 Å². The molecule has 3 heterocycles.